The van der Waals surface area contributed by atoms with Crippen LogP contribution in [0.1, 0.15) is 10.4 Å². The van der Waals surface area contributed by atoms with E-state index in [1.54, 1.807) is 6.07 Å². The van der Waals surface area contributed by atoms with Crippen LogP contribution in [0.2, 0.25) is 0 Å². The van der Waals surface area contributed by atoms with E-state index in [1.807, 2.05) is 12.1 Å². The highest BCUT2D eigenvalue weighted by atomic mass is 127. The van der Waals surface area contributed by atoms with E-state index in [2.05, 4.69) is 45.1 Å². The lowest BCUT2D eigenvalue weighted by molar-refractivity contribution is 0.104. The summed E-state index contributed by atoms with van der Waals surface area (Å²) >= 11 is 5.48. The number of halogens is 2. The van der Waals surface area contributed by atoms with Crippen LogP contribution in [-0.2, 0) is 0 Å². The Morgan fingerprint density at radius 3 is 2.67 bits per heavy atom. The predicted octanol–water partition coefficient (Wildman–Crippen LogP) is 3.42. The molecule has 0 radical (unpaired) electrons. The van der Waals surface area contributed by atoms with Gasteiger partial charge in [-0.2, -0.15) is 0 Å². The lowest BCUT2D eigenvalue weighted by atomic mass is 10.1. The average molecular weight is 337 g/mol. The third kappa shape index (κ3) is 2.42. The molecule has 0 heterocycles. The number of carbonyl (C=O) groups excluding carboxylic acids is 1. The van der Waals surface area contributed by atoms with Crippen molar-refractivity contribution in [2.45, 2.75) is 0 Å². The molecule has 0 saturated heterocycles. The Kier molecular flexibility index (Phi) is 3.46. The number of benzene rings is 1. The number of ketones is 1. The Bertz CT molecular complexity index is 313. The highest BCUT2D eigenvalue weighted by molar-refractivity contribution is 14.1. The lowest BCUT2D eigenvalue weighted by Gasteiger charge is -1.98. The van der Waals surface area contributed by atoms with Crippen molar-refractivity contribution in [3.05, 3.63) is 44.5 Å². The van der Waals surface area contributed by atoms with Gasteiger partial charge in [0.1, 0.15) is 0 Å². The molecular weight excluding hydrogens is 331 g/mol. The average Bonchev–Trinajstić information content (AvgIpc) is 2.01. The molecule has 1 rings (SSSR count). The fourth-order valence-corrected chi connectivity index (χ4v) is 2.41. The second-order valence-corrected chi connectivity index (χ2v) is 4.39. The van der Waals surface area contributed by atoms with Gasteiger partial charge >= 0.3 is 0 Å². The van der Waals surface area contributed by atoms with Crippen molar-refractivity contribution < 1.29 is 4.79 Å². The minimum absolute atomic E-state index is 0.0470. The van der Waals surface area contributed by atoms with Crippen LogP contribution in [0.15, 0.2) is 35.3 Å². The van der Waals surface area contributed by atoms with Gasteiger partial charge < -0.3 is 0 Å². The van der Waals surface area contributed by atoms with Gasteiger partial charge in [0.15, 0.2) is 5.78 Å². The first-order chi connectivity index (χ1) is 5.63. The van der Waals surface area contributed by atoms with Crippen LogP contribution in [0.25, 0.3) is 0 Å². The molecule has 62 valence electrons. The highest BCUT2D eigenvalue weighted by Gasteiger charge is 2.02. The summed E-state index contributed by atoms with van der Waals surface area (Å²) in [5.41, 5.74) is 0.670. The van der Waals surface area contributed by atoms with E-state index in [0.717, 1.165) is 8.04 Å². The second kappa shape index (κ2) is 4.18. The molecule has 0 aromatic heterocycles. The molecule has 12 heavy (non-hydrogen) atoms. The van der Waals surface area contributed by atoms with Crippen LogP contribution in [0.5, 0.6) is 0 Å². The Balaban J connectivity index is 3.17. The summed E-state index contributed by atoms with van der Waals surface area (Å²) in [5.74, 6) is -0.0470. The molecule has 1 aromatic rings. The maximum absolute atomic E-state index is 11.2. The number of carbonyl (C=O) groups is 1. The molecule has 0 unspecified atom stereocenters. The Hall–Kier alpha value is -0.160. The Morgan fingerprint density at radius 1 is 1.50 bits per heavy atom. The first kappa shape index (κ1) is 9.92. The third-order valence-electron chi connectivity index (χ3n) is 1.33. The van der Waals surface area contributed by atoms with Gasteiger partial charge in [0.05, 0.1) is 0 Å². The van der Waals surface area contributed by atoms with Gasteiger partial charge in [-0.25, -0.2) is 0 Å². The van der Waals surface area contributed by atoms with Crippen LogP contribution in [0.4, 0.5) is 0 Å². The monoisotopic (exact) mass is 336 g/mol. The maximum atomic E-state index is 11.2. The van der Waals surface area contributed by atoms with Gasteiger partial charge in [-0.3, -0.25) is 4.79 Å². The van der Waals surface area contributed by atoms with Gasteiger partial charge in [0, 0.05) is 13.6 Å². The standard InChI is InChI=1S/C9H6BrIO/c1-2-9(12)6-3-7(10)5-8(11)4-6/h2-5H,1H2. The third-order valence-corrected chi connectivity index (χ3v) is 2.41. The van der Waals surface area contributed by atoms with Gasteiger partial charge in [0.2, 0.25) is 0 Å². The van der Waals surface area contributed by atoms with E-state index in [4.69, 9.17) is 0 Å². The molecular formula is C9H6BrIO. The van der Waals surface area contributed by atoms with Crippen LogP contribution >= 0.6 is 38.5 Å². The summed E-state index contributed by atoms with van der Waals surface area (Å²) in [5, 5.41) is 0. The normalized spacial score (nSPS) is 9.50. The van der Waals surface area contributed by atoms with Crippen molar-refractivity contribution in [3.63, 3.8) is 0 Å². The zero-order valence-electron chi connectivity index (χ0n) is 6.18. The minimum atomic E-state index is -0.0470. The van der Waals surface area contributed by atoms with Gasteiger partial charge in [-0.05, 0) is 46.9 Å². The number of hydrogen-bond acceptors (Lipinski definition) is 1. The van der Waals surface area contributed by atoms with Crippen LogP contribution in [0, 0.1) is 3.57 Å². The summed E-state index contributed by atoms with van der Waals surface area (Å²) in [6, 6.07) is 5.56. The number of allylic oxidation sites excluding steroid dienone is 1. The van der Waals surface area contributed by atoms with Crippen molar-refractivity contribution in [2.24, 2.45) is 0 Å². The molecule has 3 heteroatoms. The van der Waals surface area contributed by atoms with Crippen LogP contribution < -0.4 is 0 Å². The van der Waals surface area contributed by atoms with E-state index < -0.39 is 0 Å². The maximum Gasteiger partial charge on any atom is 0.185 e. The molecule has 1 nitrogen and oxygen atoms in total. The van der Waals surface area contributed by atoms with Gasteiger partial charge in [-0.1, -0.05) is 22.5 Å². The quantitative estimate of drug-likeness (QED) is 0.459. The Labute approximate surface area is 93.1 Å². The summed E-state index contributed by atoms with van der Waals surface area (Å²) < 4.78 is 1.95. The molecule has 0 fully saturated rings. The Morgan fingerprint density at radius 2 is 2.17 bits per heavy atom. The molecule has 0 aliphatic carbocycles. The van der Waals surface area contributed by atoms with Crippen molar-refractivity contribution >= 4 is 44.3 Å². The molecule has 0 aliphatic rings. The summed E-state index contributed by atoms with van der Waals surface area (Å²) in [6.07, 6.45) is 1.32. The minimum Gasteiger partial charge on any atom is -0.289 e. The summed E-state index contributed by atoms with van der Waals surface area (Å²) in [7, 11) is 0. The van der Waals surface area contributed by atoms with Crippen LogP contribution in [0.3, 0.4) is 0 Å². The smallest absolute Gasteiger partial charge is 0.185 e. The number of hydrogen-bond donors (Lipinski definition) is 0. The largest absolute Gasteiger partial charge is 0.289 e. The van der Waals surface area contributed by atoms with E-state index in [1.165, 1.54) is 6.08 Å². The second-order valence-electron chi connectivity index (χ2n) is 2.23. The van der Waals surface area contributed by atoms with Crippen molar-refractivity contribution in [1.29, 1.82) is 0 Å². The molecule has 0 aliphatic heterocycles. The zero-order valence-corrected chi connectivity index (χ0v) is 9.92. The van der Waals surface area contributed by atoms with E-state index >= 15 is 0 Å². The van der Waals surface area contributed by atoms with Crippen molar-refractivity contribution in [2.75, 3.05) is 0 Å². The highest BCUT2D eigenvalue weighted by Crippen LogP contribution is 2.17. The first-order valence-electron chi connectivity index (χ1n) is 3.26. The fourth-order valence-electron chi connectivity index (χ4n) is 0.814. The van der Waals surface area contributed by atoms with Crippen molar-refractivity contribution in [3.8, 4) is 0 Å². The van der Waals surface area contributed by atoms with E-state index in [0.29, 0.717) is 5.56 Å². The zero-order chi connectivity index (χ0) is 9.14. The first-order valence-corrected chi connectivity index (χ1v) is 5.13. The molecule has 0 spiro atoms. The topological polar surface area (TPSA) is 17.1 Å². The SMILES string of the molecule is C=CC(=O)c1cc(Br)cc(I)c1. The van der Waals surface area contributed by atoms with Crippen molar-refractivity contribution in [1.82, 2.24) is 0 Å². The molecule has 1 aromatic carbocycles. The lowest BCUT2D eigenvalue weighted by Crippen LogP contribution is -1.93. The molecule has 0 N–H and O–H groups in total. The van der Waals surface area contributed by atoms with E-state index in [9.17, 15) is 4.79 Å². The molecule has 0 bridgehead atoms. The van der Waals surface area contributed by atoms with E-state index in [-0.39, 0.29) is 5.78 Å². The van der Waals surface area contributed by atoms with Gasteiger partial charge in [-0.15, -0.1) is 0 Å². The summed E-state index contributed by atoms with van der Waals surface area (Å²) in [4.78, 5) is 11.2. The fraction of sp³-hybridized carbons (Fsp3) is 0. The van der Waals surface area contributed by atoms with Gasteiger partial charge in [0.25, 0.3) is 0 Å². The predicted molar refractivity (Wildman–Crippen MR) is 61.4 cm³/mol. The molecule has 0 amide bonds. The molecule has 0 saturated carbocycles. The molecule has 0 atom stereocenters. The van der Waals surface area contributed by atoms with Crippen LogP contribution in [-0.4, -0.2) is 5.78 Å². The summed E-state index contributed by atoms with van der Waals surface area (Å²) in [6.45, 7) is 3.43. The number of rotatable bonds is 2.